The summed E-state index contributed by atoms with van der Waals surface area (Å²) in [7, 11) is 0.859. The lowest BCUT2D eigenvalue weighted by molar-refractivity contribution is -0.246. The molecule has 0 saturated heterocycles. The standard InChI is InChI=1S/C11H10ClF3O3/c1-10(9(16)17-2,11(13,14)15)18-8-5-3-7(12)4-6-8/h3-6H,1-2H3. The van der Waals surface area contributed by atoms with Gasteiger partial charge in [0.1, 0.15) is 5.75 Å². The van der Waals surface area contributed by atoms with Gasteiger partial charge >= 0.3 is 12.1 Å². The van der Waals surface area contributed by atoms with Crippen LogP contribution in [-0.4, -0.2) is 24.9 Å². The van der Waals surface area contributed by atoms with Crippen molar-refractivity contribution in [1.82, 2.24) is 0 Å². The Morgan fingerprint density at radius 3 is 2.11 bits per heavy atom. The fourth-order valence-electron chi connectivity index (χ4n) is 1.15. The monoisotopic (exact) mass is 282 g/mol. The van der Waals surface area contributed by atoms with E-state index in [2.05, 4.69) is 4.74 Å². The smallest absolute Gasteiger partial charge is 0.439 e. The van der Waals surface area contributed by atoms with Crippen LogP contribution in [0, 0.1) is 0 Å². The van der Waals surface area contributed by atoms with Crippen LogP contribution in [0.3, 0.4) is 0 Å². The van der Waals surface area contributed by atoms with Crippen molar-refractivity contribution >= 4 is 17.6 Å². The summed E-state index contributed by atoms with van der Waals surface area (Å²) in [5.74, 6) is -1.66. The second-order valence-electron chi connectivity index (χ2n) is 3.58. The third-order valence-electron chi connectivity index (χ3n) is 2.25. The second-order valence-corrected chi connectivity index (χ2v) is 4.02. The molecule has 0 radical (unpaired) electrons. The van der Waals surface area contributed by atoms with Crippen LogP contribution in [0.1, 0.15) is 6.92 Å². The third kappa shape index (κ3) is 2.87. The number of rotatable bonds is 3. The Hall–Kier alpha value is -1.43. The molecule has 0 aliphatic heterocycles. The van der Waals surface area contributed by atoms with Gasteiger partial charge in [0.15, 0.2) is 0 Å². The fourth-order valence-corrected chi connectivity index (χ4v) is 1.27. The van der Waals surface area contributed by atoms with Gasteiger partial charge in [-0.2, -0.15) is 13.2 Å². The van der Waals surface area contributed by atoms with Gasteiger partial charge in [-0.25, -0.2) is 4.79 Å². The van der Waals surface area contributed by atoms with E-state index in [9.17, 15) is 18.0 Å². The van der Waals surface area contributed by atoms with E-state index in [0.29, 0.717) is 11.9 Å². The molecule has 0 aliphatic rings. The quantitative estimate of drug-likeness (QED) is 0.799. The molecular weight excluding hydrogens is 273 g/mol. The van der Waals surface area contributed by atoms with Crippen molar-refractivity contribution in [3.05, 3.63) is 29.3 Å². The number of carbonyl (C=O) groups excluding carboxylic acids is 1. The second kappa shape index (κ2) is 5.06. The number of alkyl halides is 3. The molecule has 7 heteroatoms. The van der Waals surface area contributed by atoms with E-state index in [1.165, 1.54) is 24.3 Å². The average Bonchev–Trinajstić information content (AvgIpc) is 2.29. The van der Waals surface area contributed by atoms with E-state index in [1.54, 1.807) is 0 Å². The summed E-state index contributed by atoms with van der Waals surface area (Å²) in [4.78, 5) is 11.3. The summed E-state index contributed by atoms with van der Waals surface area (Å²) in [6.45, 7) is 0.605. The largest absolute Gasteiger partial charge is 0.466 e. The number of carbonyl (C=O) groups is 1. The molecule has 0 heterocycles. The molecule has 0 aromatic heterocycles. The Morgan fingerprint density at radius 1 is 1.22 bits per heavy atom. The highest BCUT2D eigenvalue weighted by Crippen LogP contribution is 2.35. The first-order chi connectivity index (χ1) is 8.20. The molecule has 0 N–H and O–H groups in total. The van der Waals surface area contributed by atoms with Crippen molar-refractivity contribution in [3.63, 3.8) is 0 Å². The lowest BCUT2D eigenvalue weighted by Gasteiger charge is -2.29. The number of methoxy groups -OCH3 is 1. The van der Waals surface area contributed by atoms with Crippen LogP contribution < -0.4 is 4.74 Å². The Balaban J connectivity index is 3.07. The molecule has 100 valence electrons. The van der Waals surface area contributed by atoms with Crippen LogP contribution in [0.15, 0.2) is 24.3 Å². The predicted octanol–water partition coefficient (Wildman–Crippen LogP) is 3.21. The van der Waals surface area contributed by atoms with Crippen LogP contribution in [-0.2, 0) is 9.53 Å². The lowest BCUT2D eigenvalue weighted by Crippen LogP contribution is -2.54. The molecule has 0 spiro atoms. The van der Waals surface area contributed by atoms with Crippen molar-refractivity contribution in [1.29, 1.82) is 0 Å². The van der Waals surface area contributed by atoms with Crippen molar-refractivity contribution in [3.8, 4) is 5.75 Å². The van der Waals surface area contributed by atoms with Crippen molar-refractivity contribution < 1.29 is 27.4 Å². The van der Waals surface area contributed by atoms with E-state index in [4.69, 9.17) is 16.3 Å². The summed E-state index contributed by atoms with van der Waals surface area (Å²) < 4.78 is 47.4. The van der Waals surface area contributed by atoms with Gasteiger partial charge < -0.3 is 9.47 Å². The van der Waals surface area contributed by atoms with Gasteiger partial charge in [-0.3, -0.25) is 0 Å². The van der Waals surface area contributed by atoms with Crippen molar-refractivity contribution in [2.45, 2.75) is 18.7 Å². The van der Waals surface area contributed by atoms with Gasteiger partial charge in [0.05, 0.1) is 7.11 Å². The molecule has 1 aromatic rings. The van der Waals surface area contributed by atoms with Crippen LogP contribution >= 0.6 is 11.6 Å². The Bertz CT molecular complexity index is 430. The number of ether oxygens (including phenoxy) is 2. The minimum absolute atomic E-state index is 0.135. The van der Waals surface area contributed by atoms with Gasteiger partial charge in [0.25, 0.3) is 5.60 Å². The van der Waals surface area contributed by atoms with Crippen molar-refractivity contribution in [2.75, 3.05) is 7.11 Å². The van der Waals surface area contributed by atoms with Crippen LogP contribution in [0.2, 0.25) is 5.02 Å². The minimum atomic E-state index is -4.90. The number of hydrogen-bond donors (Lipinski definition) is 0. The van der Waals surface area contributed by atoms with Gasteiger partial charge in [-0.15, -0.1) is 0 Å². The van der Waals surface area contributed by atoms with Gasteiger partial charge in [-0.1, -0.05) is 11.6 Å². The van der Waals surface area contributed by atoms with E-state index in [0.717, 1.165) is 7.11 Å². The summed E-state index contributed by atoms with van der Waals surface area (Å²) in [5, 5.41) is 0.342. The molecule has 0 amide bonds. The first-order valence-corrected chi connectivity index (χ1v) is 5.18. The molecule has 1 aromatic carbocycles. The number of hydrogen-bond acceptors (Lipinski definition) is 3. The maximum atomic E-state index is 12.9. The maximum absolute atomic E-state index is 12.9. The molecule has 0 bridgehead atoms. The molecule has 1 atom stereocenters. The molecular formula is C11H10ClF3O3. The topological polar surface area (TPSA) is 35.5 Å². The Labute approximate surface area is 106 Å². The average molecular weight is 283 g/mol. The van der Waals surface area contributed by atoms with Crippen molar-refractivity contribution in [2.24, 2.45) is 0 Å². The number of benzene rings is 1. The first-order valence-electron chi connectivity index (χ1n) is 4.80. The van der Waals surface area contributed by atoms with Crippen LogP contribution in [0.5, 0.6) is 5.75 Å². The molecule has 18 heavy (non-hydrogen) atoms. The molecule has 1 rings (SSSR count). The minimum Gasteiger partial charge on any atom is -0.466 e. The molecule has 1 unspecified atom stereocenters. The molecule has 0 fully saturated rings. The van der Waals surface area contributed by atoms with E-state index in [-0.39, 0.29) is 5.75 Å². The van der Waals surface area contributed by atoms with Crippen LogP contribution in [0.4, 0.5) is 13.2 Å². The highest BCUT2D eigenvalue weighted by atomic mass is 35.5. The molecule has 3 nitrogen and oxygen atoms in total. The Kier molecular flexibility index (Phi) is 4.11. The summed E-state index contributed by atoms with van der Waals surface area (Å²) >= 11 is 5.59. The highest BCUT2D eigenvalue weighted by Gasteiger charge is 2.60. The Morgan fingerprint density at radius 2 is 1.72 bits per heavy atom. The SMILES string of the molecule is COC(=O)C(C)(Oc1ccc(Cl)cc1)C(F)(F)F. The van der Waals surface area contributed by atoms with E-state index >= 15 is 0 Å². The fraction of sp³-hybridized carbons (Fsp3) is 0.364. The van der Waals surface area contributed by atoms with Gasteiger partial charge in [-0.05, 0) is 31.2 Å². The lowest BCUT2D eigenvalue weighted by atomic mass is 10.1. The van der Waals surface area contributed by atoms with E-state index in [1.807, 2.05) is 0 Å². The maximum Gasteiger partial charge on any atom is 0.439 e. The summed E-state index contributed by atoms with van der Waals surface area (Å²) in [6.07, 6.45) is -4.90. The van der Waals surface area contributed by atoms with Crippen LogP contribution in [0.25, 0.3) is 0 Å². The van der Waals surface area contributed by atoms with E-state index < -0.39 is 17.7 Å². The first kappa shape index (κ1) is 14.6. The van der Waals surface area contributed by atoms with Gasteiger partial charge in [0.2, 0.25) is 0 Å². The zero-order valence-corrected chi connectivity index (χ0v) is 10.3. The number of esters is 1. The summed E-state index contributed by atoms with van der Waals surface area (Å²) in [5.41, 5.74) is -3.06. The zero-order chi connectivity index (χ0) is 14.0. The third-order valence-corrected chi connectivity index (χ3v) is 2.50. The summed E-state index contributed by atoms with van der Waals surface area (Å²) in [6, 6.07) is 5.17. The zero-order valence-electron chi connectivity index (χ0n) is 9.55. The number of halogens is 4. The highest BCUT2D eigenvalue weighted by molar-refractivity contribution is 6.30. The molecule has 0 saturated carbocycles. The normalized spacial score (nSPS) is 14.8. The predicted molar refractivity (Wildman–Crippen MR) is 58.6 cm³/mol. The van der Waals surface area contributed by atoms with Gasteiger partial charge in [0, 0.05) is 5.02 Å². The molecule has 0 aliphatic carbocycles.